The maximum Gasteiger partial charge on any atom is 0.407 e. The van der Waals surface area contributed by atoms with Gasteiger partial charge in [0.2, 0.25) is 5.91 Å². The summed E-state index contributed by atoms with van der Waals surface area (Å²) in [5, 5.41) is 2.71. The summed E-state index contributed by atoms with van der Waals surface area (Å²) >= 11 is 5.84. The van der Waals surface area contributed by atoms with Crippen molar-refractivity contribution in [1.29, 1.82) is 0 Å². The largest absolute Gasteiger partial charge is 0.444 e. The van der Waals surface area contributed by atoms with E-state index in [4.69, 9.17) is 16.3 Å². The Morgan fingerprint density at radius 2 is 2.00 bits per heavy atom. The van der Waals surface area contributed by atoms with Gasteiger partial charge in [0.05, 0.1) is 0 Å². The van der Waals surface area contributed by atoms with Crippen molar-refractivity contribution in [2.24, 2.45) is 5.92 Å². The Kier molecular flexibility index (Phi) is 5.52. The lowest BCUT2D eigenvalue weighted by molar-refractivity contribution is -0.117. The Labute approximate surface area is 141 Å². The van der Waals surface area contributed by atoms with Gasteiger partial charge in [0.1, 0.15) is 5.60 Å². The van der Waals surface area contributed by atoms with Crippen LogP contribution in [0, 0.1) is 5.92 Å². The standard InChI is InChI=1S/C17H23ClN2O3/c1-17(2,3)23-16(22)19-10-12-4-6-14(7-5-12)20-11-13(9-18)8-15(20)21/h4-7,13H,8-11H2,1-3H3,(H,19,22). The topological polar surface area (TPSA) is 58.6 Å². The van der Waals surface area contributed by atoms with E-state index in [1.807, 2.05) is 45.0 Å². The van der Waals surface area contributed by atoms with Crippen LogP contribution in [0.2, 0.25) is 0 Å². The van der Waals surface area contributed by atoms with Crippen LogP contribution in [0.15, 0.2) is 24.3 Å². The van der Waals surface area contributed by atoms with Crippen LogP contribution in [0.1, 0.15) is 32.8 Å². The van der Waals surface area contributed by atoms with E-state index in [0.29, 0.717) is 25.4 Å². The molecular weight excluding hydrogens is 316 g/mol. The number of benzene rings is 1. The molecule has 1 N–H and O–H groups in total. The number of ether oxygens (including phenoxy) is 1. The zero-order valence-corrected chi connectivity index (χ0v) is 14.5. The summed E-state index contributed by atoms with van der Waals surface area (Å²) in [6.45, 7) is 6.51. The number of alkyl carbamates (subject to hydrolysis) is 1. The molecule has 1 aromatic carbocycles. The Morgan fingerprint density at radius 3 is 2.52 bits per heavy atom. The van der Waals surface area contributed by atoms with Crippen molar-refractivity contribution < 1.29 is 14.3 Å². The molecule has 2 amide bonds. The third-order valence-corrected chi connectivity index (χ3v) is 3.94. The summed E-state index contributed by atoms with van der Waals surface area (Å²) < 4.78 is 5.19. The molecule has 0 spiro atoms. The molecule has 1 unspecified atom stereocenters. The molecule has 0 radical (unpaired) electrons. The second-order valence-electron chi connectivity index (χ2n) is 6.75. The minimum absolute atomic E-state index is 0.107. The molecule has 6 heteroatoms. The van der Waals surface area contributed by atoms with Crippen LogP contribution in [0.3, 0.4) is 0 Å². The highest BCUT2D eigenvalue weighted by molar-refractivity contribution is 6.18. The normalized spacial score (nSPS) is 18.2. The van der Waals surface area contributed by atoms with Gasteiger partial charge in [0.25, 0.3) is 0 Å². The maximum absolute atomic E-state index is 12.0. The minimum atomic E-state index is -0.511. The molecular formula is C17H23ClN2O3. The molecule has 1 heterocycles. The van der Waals surface area contributed by atoms with Crippen LogP contribution in [-0.4, -0.2) is 30.0 Å². The predicted molar refractivity (Wildman–Crippen MR) is 90.7 cm³/mol. The number of rotatable bonds is 4. The number of hydrogen-bond donors (Lipinski definition) is 1. The van der Waals surface area contributed by atoms with E-state index in [-0.39, 0.29) is 11.8 Å². The fraction of sp³-hybridized carbons (Fsp3) is 0.529. The molecule has 0 saturated carbocycles. The molecule has 1 aliphatic heterocycles. The van der Waals surface area contributed by atoms with Crippen LogP contribution < -0.4 is 10.2 Å². The number of nitrogens with zero attached hydrogens (tertiary/aromatic N) is 1. The Bertz CT molecular complexity index is 566. The summed E-state index contributed by atoms with van der Waals surface area (Å²) in [5.41, 5.74) is 1.30. The van der Waals surface area contributed by atoms with Gasteiger partial charge in [0.15, 0.2) is 0 Å². The average Bonchev–Trinajstić information content (AvgIpc) is 2.85. The summed E-state index contributed by atoms with van der Waals surface area (Å²) in [5.74, 6) is 0.827. The summed E-state index contributed by atoms with van der Waals surface area (Å²) in [6, 6.07) is 7.57. The van der Waals surface area contributed by atoms with E-state index in [9.17, 15) is 9.59 Å². The third-order valence-electron chi connectivity index (χ3n) is 3.51. The SMILES string of the molecule is CC(C)(C)OC(=O)NCc1ccc(N2CC(CCl)CC2=O)cc1. The van der Waals surface area contributed by atoms with Gasteiger partial charge in [-0.05, 0) is 44.4 Å². The van der Waals surface area contributed by atoms with Crippen LogP contribution in [0.5, 0.6) is 0 Å². The van der Waals surface area contributed by atoms with Crippen molar-refractivity contribution >= 4 is 29.3 Å². The highest BCUT2D eigenvalue weighted by atomic mass is 35.5. The number of amides is 2. The summed E-state index contributed by atoms with van der Waals surface area (Å²) in [6.07, 6.45) is 0.0621. The van der Waals surface area contributed by atoms with Crippen molar-refractivity contribution in [3.63, 3.8) is 0 Å². The van der Waals surface area contributed by atoms with Gasteiger partial charge >= 0.3 is 6.09 Å². The first-order chi connectivity index (χ1) is 10.8. The number of carbonyl (C=O) groups excluding carboxylic acids is 2. The second kappa shape index (κ2) is 7.21. The number of anilines is 1. The lowest BCUT2D eigenvalue weighted by Crippen LogP contribution is -2.32. The molecule has 1 fully saturated rings. The molecule has 1 aromatic rings. The predicted octanol–water partition coefficient (Wildman–Crippen LogP) is 3.30. The number of carbonyl (C=O) groups is 2. The van der Waals surface area contributed by atoms with Crippen molar-refractivity contribution in [1.82, 2.24) is 5.32 Å². The van der Waals surface area contributed by atoms with Crippen molar-refractivity contribution in [3.8, 4) is 0 Å². The van der Waals surface area contributed by atoms with Crippen LogP contribution in [-0.2, 0) is 16.1 Å². The number of halogens is 1. The smallest absolute Gasteiger partial charge is 0.407 e. The Balaban J connectivity index is 1.90. The lowest BCUT2D eigenvalue weighted by atomic mass is 10.1. The van der Waals surface area contributed by atoms with E-state index in [1.165, 1.54) is 0 Å². The Hall–Kier alpha value is -1.75. The van der Waals surface area contributed by atoms with Gasteiger partial charge in [-0.15, -0.1) is 11.6 Å². The zero-order valence-electron chi connectivity index (χ0n) is 13.8. The van der Waals surface area contributed by atoms with Crippen LogP contribution in [0.4, 0.5) is 10.5 Å². The van der Waals surface area contributed by atoms with Gasteiger partial charge < -0.3 is 15.0 Å². The monoisotopic (exact) mass is 338 g/mol. The second-order valence-corrected chi connectivity index (χ2v) is 7.06. The highest BCUT2D eigenvalue weighted by Gasteiger charge is 2.29. The van der Waals surface area contributed by atoms with E-state index < -0.39 is 11.7 Å². The molecule has 1 atom stereocenters. The molecule has 0 aromatic heterocycles. The average molecular weight is 339 g/mol. The number of hydrogen-bond acceptors (Lipinski definition) is 3. The van der Waals surface area contributed by atoms with Gasteiger partial charge in [-0.1, -0.05) is 12.1 Å². The van der Waals surface area contributed by atoms with Crippen molar-refractivity contribution in [2.75, 3.05) is 17.3 Å². The third kappa shape index (κ3) is 5.13. The quantitative estimate of drug-likeness (QED) is 0.857. The van der Waals surface area contributed by atoms with Crippen LogP contribution >= 0.6 is 11.6 Å². The fourth-order valence-electron chi connectivity index (χ4n) is 2.42. The minimum Gasteiger partial charge on any atom is -0.444 e. The van der Waals surface area contributed by atoms with Gasteiger partial charge in [-0.3, -0.25) is 4.79 Å². The molecule has 23 heavy (non-hydrogen) atoms. The molecule has 126 valence electrons. The zero-order chi connectivity index (χ0) is 17.0. The van der Waals surface area contributed by atoms with Crippen molar-refractivity contribution in [2.45, 2.75) is 39.3 Å². The molecule has 0 bridgehead atoms. The van der Waals surface area contributed by atoms with E-state index >= 15 is 0 Å². The lowest BCUT2D eigenvalue weighted by Gasteiger charge is -2.20. The molecule has 0 aliphatic carbocycles. The molecule has 1 saturated heterocycles. The van der Waals surface area contributed by atoms with E-state index in [2.05, 4.69) is 5.32 Å². The van der Waals surface area contributed by atoms with Crippen molar-refractivity contribution in [3.05, 3.63) is 29.8 Å². The first kappa shape index (κ1) is 17.6. The van der Waals surface area contributed by atoms with Crippen LogP contribution in [0.25, 0.3) is 0 Å². The van der Waals surface area contributed by atoms with E-state index in [0.717, 1.165) is 11.3 Å². The van der Waals surface area contributed by atoms with Gasteiger partial charge in [0, 0.05) is 31.1 Å². The van der Waals surface area contributed by atoms with Gasteiger partial charge in [-0.25, -0.2) is 4.79 Å². The maximum atomic E-state index is 12.0. The molecule has 1 aliphatic rings. The number of nitrogens with one attached hydrogen (secondary N) is 1. The van der Waals surface area contributed by atoms with Gasteiger partial charge in [-0.2, -0.15) is 0 Å². The first-order valence-electron chi connectivity index (χ1n) is 7.70. The summed E-state index contributed by atoms with van der Waals surface area (Å²) in [7, 11) is 0. The first-order valence-corrected chi connectivity index (χ1v) is 8.24. The molecule has 2 rings (SSSR count). The molecule has 5 nitrogen and oxygen atoms in total. The van der Waals surface area contributed by atoms with E-state index in [1.54, 1.807) is 4.90 Å². The fourth-order valence-corrected chi connectivity index (χ4v) is 2.62. The Morgan fingerprint density at radius 1 is 1.35 bits per heavy atom. The highest BCUT2D eigenvalue weighted by Crippen LogP contribution is 2.26. The summed E-state index contributed by atoms with van der Waals surface area (Å²) in [4.78, 5) is 25.4. The number of alkyl halides is 1.